The standard InChI is InChI=1S/C17H19BrO/c1-3-4-5-13-7-9-15(19)11-17(13)16-10-14(18)8-6-12(16)2/h6-11,19H,3-5H2,1-2H3. The summed E-state index contributed by atoms with van der Waals surface area (Å²) in [6.45, 7) is 4.31. The van der Waals surface area contributed by atoms with E-state index in [4.69, 9.17) is 0 Å². The maximum atomic E-state index is 9.77. The van der Waals surface area contributed by atoms with E-state index in [1.54, 1.807) is 6.07 Å². The molecule has 2 heteroatoms. The topological polar surface area (TPSA) is 20.2 Å². The Morgan fingerprint density at radius 1 is 1.05 bits per heavy atom. The lowest BCUT2D eigenvalue weighted by Gasteiger charge is -2.13. The van der Waals surface area contributed by atoms with Crippen molar-refractivity contribution in [2.45, 2.75) is 33.1 Å². The maximum Gasteiger partial charge on any atom is 0.116 e. The fourth-order valence-electron chi connectivity index (χ4n) is 2.28. The number of halogens is 1. The van der Waals surface area contributed by atoms with Crippen molar-refractivity contribution in [3.63, 3.8) is 0 Å². The van der Waals surface area contributed by atoms with Gasteiger partial charge in [-0.1, -0.05) is 41.4 Å². The van der Waals surface area contributed by atoms with E-state index < -0.39 is 0 Å². The number of rotatable bonds is 4. The highest BCUT2D eigenvalue weighted by atomic mass is 79.9. The first-order valence-corrected chi connectivity index (χ1v) is 7.49. The summed E-state index contributed by atoms with van der Waals surface area (Å²) < 4.78 is 1.07. The number of phenols is 1. The average Bonchev–Trinajstić information content (AvgIpc) is 2.40. The molecular formula is C17H19BrO. The van der Waals surface area contributed by atoms with Crippen molar-refractivity contribution < 1.29 is 5.11 Å². The predicted octanol–water partition coefficient (Wildman–Crippen LogP) is 5.47. The minimum atomic E-state index is 0.328. The highest BCUT2D eigenvalue weighted by Crippen LogP contribution is 2.32. The Kier molecular flexibility index (Phi) is 4.65. The molecule has 0 aromatic heterocycles. The van der Waals surface area contributed by atoms with Crippen LogP contribution in [0.3, 0.4) is 0 Å². The molecule has 1 nitrogen and oxygen atoms in total. The van der Waals surface area contributed by atoms with Crippen molar-refractivity contribution in [1.29, 1.82) is 0 Å². The molecule has 100 valence electrons. The van der Waals surface area contributed by atoms with Gasteiger partial charge < -0.3 is 5.11 Å². The molecule has 0 amide bonds. The van der Waals surface area contributed by atoms with Crippen molar-refractivity contribution in [3.05, 3.63) is 52.0 Å². The summed E-state index contributed by atoms with van der Waals surface area (Å²) >= 11 is 3.53. The third-order valence-electron chi connectivity index (χ3n) is 3.38. The van der Waals surface area contributed by atoms with Crippen molar-refractivity contribution in [2.75, 3.05) is 0 Å². The smallest absolute Gasteiger partial charge is 0.116 e. The summed E-state index contributed by atoms with van der Waals surface area (Å²) in [5, 5.41) is 9.77. The highest BCUT2D eigenvalue weighted by molar-refractivity contribution is 9.10. The van der Waals surface area contributed by atoms with E-state index in [9.17, 15) is 5.11 Å². The average molecular weight is 319 g/mol. The number of phenolic OH excluding ortho intramolecular Hbond substituents is 1. The van der Waals surface area contributed by atoms with Gasteiger partial charge in [-0.05, 0) is 66.3 Å². The molecule has 0 saturated carbocycles. The van der Waals surface area contributed by atoms with Crippen molar-refractivity contribution in [3.8, 4) is 16.9 Å². The Morgan fingerprint density at radius 2 is 1.84 bits per heavy atom. The zero-order chi connectivity index (χ0) is 13.8. The van der Waals surface area contributed by atoms with Crippen LogP contribution in [0.4, 0.5) is 0 Å². The van der Waals surface area contributed by atoms with Gasteiger partial charge in [0.15, 0.2) is 0 Å². The van der Waals surface area contributed by atoms with Gasteiger partial charge in [-0.25, -0.2) is 0 Å². The summed E-state index contributed by atoms with van der Waals surface area (Å²) in [5.74, 6) is 0.328. The van der Waals surface area contributed by atoms with Gasteiger partial charge in [-0.2, -0.15) is 0 Å². The number of unbranched alkanes of at least 4 members (excludes halogenated alkanes) is 1. The molecule has 2 aromatic carbocycles. The summed E-state index contributed by atoms with van der Waals surface area (Å²) in [4.78, 5) is 0. The predicted molar refractivity (Wildman–Crippen MR) is 84.6 cm³/mol. The molecule has 0 saturated heterocycles. The molecular weight excluding hydrogens is 300 g/mol. The lowest BCUT2D eigenvalue weighted by molar-refractivity contribution is 0.475. The zero-order valence-corrected chi connectivity index (χ0v) is 13.0. The minimum absolute atomic E-state index is 0.328. The van der Waals surface area contributed by atoms with Crippen LogP contribution in [0.15, 0.2) is 40.9 Å². The molecule has 0 spiro atoms. The SMILES string of the molecule is CCCCc1ccc(O)cc1-c1cc(Br)ccc1C. The van der Waals surface area contributed by atoms with Crippen LogP contribution < -0.4 is 0 Å². The Balaban J connectivity index is 2.52. The number of hydrogen-bond donors (Lipinski definition) is 1. The van der Waals surface area contributed by atoms with Gasteiger partial charge in [0, 0.05) is 4.47 Å². The first-order valence-electron chi connectivity index (χ1n) is 6.70. The molecule has 0 heterocycles. The second kappa shape index (κ2) is 6.25. The van der Waals surface area contributed by atoms with Gasteiger partial charge in [0.05, 0.1) is 0 Å². The number of aromatic hydroxyl groups is 1. The van der Waals surface area contributed by atoms with E-state index in [1.165, 1.54) is 29.5 Å². The summed E-state index contributed by atoms with van der Waals surface area (Å²) in [6.07, 6.45) is 3.40. The Morgan fingerprint density at radius 3 is 2.58 bits per heavy atom. The van der Waals surface area contributed by atoms with Crippen LogP contribution >= 0.6 is 15.9 Å². The lowest BCUT2D eigenvalue weighted by atomic mass is 9.93. The van der Waals surface area contributed by atoms with E-state index >= 15 is 0 Å². The molecule has 1 N–H and O–H groups in total. The normalized spacial score (nSPS) is 10.7. The van der Waals surface area contributed by atoms with Gasteiger partial charge in [-0.3, -0.25) is 0 Å². The lowest BCUT2D eigenvalue weighted by Crippen LogP contribution is -1.92. The van der Waals surface area contributed by atoms with Gasteiger partial charge in [0.25, 0.3) is 0 Å². The largest absolute Gasteiger partial charge is 0.508 e. The Labute approximate surface area is 123 Å². The van der Waals surface area contributed by atoms with Crippen LogP contribution in [0.5, 0.6) is 5.75 Å². The van der Waals surface area contributed by atoms with Crippen LogP contribution in [-0.4, -0.2) is 5.11 Å². The molecule has 0 aliphatic carbocycles. The van der Waals surface area contributed by atoms with Crippen LogP contribution in [-0.2, 0) is 6.42 Å². The third-order valence-corrected chi connectivity index (χ3v) is 3.88. The summed E-state index contributed by atoms with van der Waals surface area (Å²) in [7, 11) is 0. The molecule has 0 fully saturated rings. The van der Waals surface area contributed by atoms with Crippen molar-refractivity contribution in [1.82, 2.24) is 0 Å². The third kappa shape index (κ3) is 3.38. The number of aryl methyl sites for hydroxylation is 2. The van der Waals surface area contributed by atoms with Crippen LogP contribution in [0.1, 0.15) is 30.9 Å². The van der Waals surface area contributed by atoms with Crippen LogP contribution in [0.2, 0.25) is 0 Å². The molecule has 0 radical (unpaired) electrons. The van der Waals surface area contributed by atoms with Crippen molar-refractivity contribution >= 4 is 15.9 Å². The molecule has 2 rings (SSSR count). The van der Waals surface area contributed by atoms with E-state index in [0.29, 0.717) is 5.75 Å². The van der Waals surface area contributed by atoms with Gasteiger partial charge in [-0.15, -0.1) is 0 Å². The zero-order valence-electron chi connectivity index (χ0n) is 11.4. The fraction of sp³-hybridized carbons (Fsp3) is 0.294. The molecule has 0 aliphatic heterocycles. The molecule has 19 heavy (non-hydrogen) atoms. The Hall–Kier alpha value is -1.28. The number of benzene rings is 2. The second-order valence-electron chi connectivity index (χ2n) is 4.90. The van der Waals surface area contributed by atoms with Gasteiger partial charge in [0.2, 0.25) is 0 Å². The van der Waals surface area contributed by atoms with E-state index in [1.807, 2.05) is 18.2 Å². The van der Waals surface area contributed by atoms with E-state index in [0.717, 1.165) is 16.5 Å². The van der Waals surface area contributed by atoms with Gasteiger partial charge >= 0.3 is 0 Å². The van der Waals surface area contributed by atoms with E-state index in [-0.39, 0.29) is 0 Å². The molecule has 0 aliphatic rings. The number of hydrogen-bond acceptors (Lipinski definition) is 1. The highest BCUT2D eigenvalue weighted by Gasteiger charge is 2.09. The van der Waals surface area contributed by atoms with Crippen molar-refractivity contribution in [2.24, 2.45) is 0 Å². The first-order chi connectivity index (χ1) is 9.11. The molecule has 0 bridgehead atoms. The second-order valence-corrected chi connectivity index (χ2v) is 5.82. The molecule has 0 atom stereocenters. The van der Waals surface area contributed by atoms with Crippen LogP contribution in [0.25, 0.3) is 11.1 Å². The van der Waals surface area contributed by atoms with Gasteiger partial charge in [0.1, 0.15) is 5.75 Å². The van der Waals surface area contributed by atoms with E-state index in [2.05, 4.69) is 41.9 Å². The Bertz CT molecular complexity index is 575. The summed E-state index contributed by atoms with van der Waals surface area (Å²) in [6, 6.07) is 12.0. The first kappa shape index (κ1) is 14.1. The van der Waals surface area contributed by atoms with Crippen LogP contribution in [0, 0.1) is 6.92 Å². The minimum Gasteiger partial charge on any atom is -0.508 e. The summed E-state index contributed by atoms with van der Waals surface area (Å²) in [5.41, 5.74) is 4.87. The maximum absolute atomic E-state index is 9.77. The quantitative estimate of drug-likeness (QED) is 0.792. The molecule has 0 unspecified atom stereocenters. The molecule has 2 aromatic rings. The monoisotopic (exact) mass is 318 g/mol. The fourth-order valence-corrected chi connectivity index (χ4v) is 2.65.